The van der Waals surface area contributed by atoms with Crippen molar-refractivity contribution in [3.8, 4) is 0 Å². The quantitative estimate of drug-likeness (QED) is 0.508. The Bertz CT molecular complexity index is 1360. The molecule has 8 heteroatoms. The van der Waals surface area contributed by atoms with Crippen LogP contribution in [0.1, 0.15) is 31.8 Å². The average molecular weight is 430 g/mol. The highest BCUT2D eigenvalue weighted by Crippen LogP contribution is 2.12. The van der Waals surface area contributed by atoms with E-state index in [1.54, 1.807) is 48.7 Å². The Morgan fingerprint density at radius 1 is 0.969 bits per heavy atom. The summed E-state index contributed by atoms with van der Waals surface area (Å²) in [5, 5.41) is 5.40. The number of nitrogens with zero attached hydrogens (tertiary/aromatic N) is 2. The summed E-state index contributed by atoms with van der Waals surface area (Å²) in [6.45, 7) is 2.10. The van der Waals surface area contributed by atoms with Crippen molar-refractivity contribution in [3.05, 3.63) is 111 Å². The lowest BCUT2D eigenvalue weighted by atomic mass is 10.1. The van der Waals surface area contributed by atoms with Crippen LogP contribution in [0.2, 0.25) is 0 Å². The number of halogens is 1. The van der Waals surface area contributed by atoms with Crippen molar-refractivity contribution in [1.29, 1.82) is 0 Å². The molecule has 0 saturated heterocycles. The molecule has 2 heterocycles. The van der Waals surface area contributed by atoms with Gasteiger partial charge in [0, 0.05) is 30.2 Å². The van der Waals surface area contributed by atoms with E-state index in [0.717, 1.165) is 11.1 Å². The van der Waals surface area contributed by atoms with Crippen molar-refractivity contribution in [2.75, 3.05) is 5.32 Å². The molecule has 4 rings (SSSR count). The molecule has 0 aliphatic rings. The van der Waals surface area contributed by atoms with Crippen LogP contribution in [0.3, 0.4) is 0 Å². The van der Waals surface area contributed by atoms with Crippen LogP contribution >= 0.6 is 0 Å². The number of hydrogen-bond donors (Lipinski definition) is 2. The highest BCUT2D eigenvalue weighted by atomic mass is 19.1. The molecule has 7 nitrogen and oxygen atoms in total. The Morgan fingerprint density at radius 2 is 1.69 bits per heavy atom. The van der Waals surface area contributed by atoms with Crippen LogP contribution in [0.5, 0.6) is 0 Å². The molecule has 0 spiro atoms. The molecule has 2 N–H and O–H groups in total. The molecule has 2 aromatic heterocycles. The lowest BCUT2D eigenvalue weighted by Crippen LogP contribution is -2.27. The van der Waals surface area contributed by atoms with E-state index < -0.39 is 11.5 Å². The van der Waals surface area contributed by atoms with Gasteiger partial charge in [0.05, 0.1) is 0 Å². The fraction of sp³-hybridized carbons (Fsp3) is 0.0833. The second kappa shape index (κ2) is 8.81. The van der Waals surface area contributed by atoms with Gasteiger partial charge in [-0.25, -0.2) is 9.37 Å². The van der Waals surface area contributed by atoms with E-state index in [1.807, 2.05) is 13.0 Å². The number of nitrogens with one attached hydrogen (secondary N) is 2. The lowest BCUT2D eigenvalue weighted by molar-refractivity contribution is 0.0950. The van der Waals surface area contributed by atoms with Crippen LogP contribution in [-0.2, 0) is 6.54 Å². The summed E-state index contributed by atoms with van der Waals surface area (Å²) in [4.78, 5) is 41.7. The van der Waals surface area contributed by atoms with E-state index >= 15 is 0 Å². The molecule has 2 amide bonds. The van der Waals surface area contributed by atoms with Gasteiger partial charge in [0.25, 0.3) is 17.4 Å². The first-order valence-corrected chi connectivity index (χ1v) is 9.83. The molecule has 4 aromatic rings. The molecule has 0 fully saturated rings. The number of amides is 2. The molecule has 0 saturated carbocycles. The van der Waals surface area contributed by atoms with Crippen molar-refractivity contribution < 1.29 is 14.0 Å². The van der Waals surface area contributed by atoms with Crippen molar-refractivity contribution in [2.45, 2.75) is 13.5 Å². The molecule has 160 valence electrons. The largest absolute Gasteiger partial charge is 0.348 e. The van der Waals surface area contributed by atoms with Crippen LogP contribution in [0.25, 0.3) is 5.65 Å². The molecular weight excluding hydrogens is 411 g/mol. The molecule has 0 atom stereocenters. The summed E-state index contributed by atoms with van der Waals surface area (Å²) < 4.78 is 14.3. The zero-order valence-corrected chi connectivity index (χ0v) is 17.1. The number of pyridine rings is 1. The normalized spacial score (nSPS) is 10.7. The predicted molar refractivity (Wildman–Crippen MR) is 118 cm³/mol. The molecule has 32 heavy (non-hydrogen) atoms. The predicted octanol–water partition coefficient (Wildman–Crippen LogP) is 3.32. The fourth-order valence-corrected chi connectivity index (χ4v) is 3.13. The molecular formula is C24H19FN4O3. The Hall–Kier alpha value is -4.33. The number of aromatic nitrogens is 2. The first-order chi connectivity index (χ1) is 15.4. The smallest absolute Gasteiger partial charge is 0.270 e. The van der Waals surface area contributed by atoms with Gasteiger partial charge in [0.2, 0.25) is 0 Å². The molecule has 0 bridgehead atoms. The molecule has 0 aliphatic heterocycles. The SMILES string of the molecule is Cc1ccc2ncc(C(=O)Nc3ccc(C(=O)NCc4ccc(F)cc4)cc3)c(=O)n2c1. The van der Waals surface area contributed by atoms with Gasteiger partial charge in [0.15, 0.2) is 0 Å². The van der Waals surface area contributed by atoms with Crippen molar-refractivity contribution in [1.82, 2.24) is 14.7 Å². The van der Waals surface area contributed by atoms with Gasteiger partial charge in [-0.3, -0.25) is 18.8 Å². The average Bonchev–Trinajstić information content (AvgIpc) is 2.79. The van der Waals surface area contributed by atoms with Crippen LogP contribution in [-0.4, -0.2) is 21.2 Å². The highest BCUT2D eigenvalue weighted by molar-refractivity contribution is 6.04. The summed E-state index contributed by atoms with van der Waals surface area (Å²) >= 11 is 0. The van der Waals surface area contributed by atoms with E-state index in [2.05, 4.69) is 15.6 Å². The number of carbonyl (C=O) groups excluding carboxylic acids is 2. The Balaban J connectivity index is 1.43. The number of anilines is 1. The Morgan fingerprint density at radius 3 is 2.41 bits per heavy atom. The van der Waals surface area contributed by atoms with Crippen LogP contribution in [0, 0.1) is 12.7 Å². The minimum Gasteiger partial charge on any atom is -0.348 e. The Labute approximate surface area is 182 Å². The summed E-state index contributed by atoms with van der Waals surface area (Å²) in [6, 6.07) is 15.7. The monoisotopic (exact) mass is 430 g/mol. The van der Waals surface area contributed by atoms with Gasteiger partial charge in [0.1, 0.15) is 17.0 Å². The second-order valence-corrected chi connectivity index (χ2v) is 7.25. The second-order valence-electron chi connectivity index (χ2n) is 7.25. The van der Waals surface area contributed by atoms with E-state index in [0.29, 0.717) is 16.9 Å². The lowest BCUT2D eigenvalue weighted by Gasteiger charge is -2.08. The summed E-state index contributed by atoms with van der Waals surface area (Å²) in [6.07, 6.45) is 2.88. The fourth-order valence-electron chi connectivity index (χ4n) is 3.13. The maximum Gasteiger partial charge on any atom is 0.270 e. The third-order valence-corrected chi connectivity index (χ3v) is 4.87. The topological polar surface area (TPSA) is 92.6 Å². The van der Waals surface area contributed by atoms with Gasteiger partial charge in [-0.05, 0) is 60.5 Å². The van der Waals surface area contributed by atoms with Crippen molar-refractivity contribution in [3.63, 3.8) is 0 Å². The van der Waals surface area contributed by atoms with Crippen LogP contribution in [0.4, 0.5) is 10.1 Å². The van der Waals surface area contributed by atoms with Gasteiger partial charge < -0.3 is 10.6 Å². The van der Waals surface area contributed by atoms with E-state index in [4.69, 9.17) is 0 Å². The molecule has 0 aliphatic carbocycles. The van der Waals surface area contributed by atoms with E-state index in [9.17, 15) is 18.8 Å². The number of fused-ring (bicyclic) bond motifs is 1. The summed E-state index contributed by atoms with van der Waals surface area (Å²) in [5.74, 6) is -1.23. The number of aryl methyl sites for hydroxylation is 1. The number of rotatable bonds is 5. The number of hydrogen-bond acceptors (Lipinski definition) is 4. The minimum atomic E-state index is -0.591. The first-order valence-electron chi connectivity index (χ1n) is 9.83. The molecule has 0 unspecified atom stereocenters. The van der Waals surface area contributed by atoms with Crippen LogP contribution in [0.15, 0.2) is 77.9 Å². The van der Waals surface area contributed by atoms with Gasteiger partial charge >= 0.3 is 0 Å². The van der Waals surface area contributed by atoms with E-state index in [1.165, 1.54) is 22.7 Å². The van der Waals surface area contributed by atoms with Crippen molar-refractivity contribution >= 4 is 23.1 Å². The minimum absolute atomic E-state index is 0.0887. The molecule has 2 aromatic carbocycles. The third-order valence-electron chi connectivity index (χ3n) is 4.87. The zero-order chi connectivity index (χ0) is 22.7. The van der Waals surface area contributed by atoms with E-state index in [-0.39, 0.29) is 23.8 Å². The van der Waals surface area contributed by atoms with Crippen molar-refractivity contribution in [2.24, 2.45) is 0 Å². The first kappa shape index (κ1) is 20.9. The summed E-state index contributed by atoms with van der Waals surface area (Å²) in [5.41, 5.74) is 2.36. The number of benzene rings is 2. The van der Waals surface area contributed by atoms with Crippen LogP contribution < -0.4 is 16.2 Å². The zero-order valence-electron chi connectivity index (χ0n) is 17.1. The summed E-state index contributed by atoms with van der Waals surface area (Å²) in [7, 11) is 0. The third kappa shape index (κ3) is 4.54. The van der Waals surface area contributed by atoms with Gasteiger partial charge in [-0.15, -0.1) is 0 Å². The van der Waals surface area contributed by atoms with Gasteiger partial charge in [-0.1, -0.05) is 18.2 Å². The number of carbonyl (C=O) groups is 2. The van der Waals surface area contributed by atoms with Gasteiger partial charge in [-0.2, -0.15) is 0 Å². The maximum atomic E-state index is 13.0. The highest BCUT2D eigenvalue weighted by Gasteiger charge is 2.14. The Kier molecular flexibility index (Phi) is 5.76. The maximum absolute atomic E-state index is 13.0. The molecule has 0 radical (unpaired) electrons. The standard InChI is InChI=1S/C24H19FN4O3/c1-15-2-11-21-26-13-20(24(32)29(21)14-15)23(31)28-19-9-5-17(6-10-19)22(30)27-12-16-3-7-18(25)8-4-16/h2-11,13-14H,12H2,1H3,(H,27,30)(H,28,31).